The number of rotatable bonds is 4. The number of benzene rings is 2. The summed E-state index contributed by atoms with van der Waals surface area (Å²) >= 11 is 1.22. The molecule has 0 amide bonds. The highest BCUT2D eigenvalue weighted by atomic mass is 32.2. The van der Waals surface area contributed by atoms with Gasteiger partial charge in [-0.1, -0.05) is 42.1 Å². The number of thioether (sulfide) groups is 1. The zero-order valence-electron chi connectivity index (χ0n) is 14.7. The molecule has 0 spiro atoms. The van der Waals surface area contributed by atoms with Gasteiger partial charge in [-0.3, -0.25) is 14.0 Å². The summed E-state index contributed by atoms with van der Waals surface area (Å²) in [6, 6.07) is 14.9. The first-order valence-corrected chi connectivity index (χ1v) is 9.25. The third kappa shape index (κ3) is 2.87. The van der Waals surface area contributed by atoms with Crippen LogP contribution in [-0.2, 0) is 9.53 Å². The van der Waals surface area contributed by atoms with Crippen molar-refractivity contribution < 1.29 is 9.53 Å². The highest BCUT2D eigenvalue weighted by Gasteiger charge is 2.19. The van der Waals surface area contributed by atoms with Crippen molar-refractivity contribution >= 4 is 34.4 Å². The molecule has 0 aliphatic rings. The molecular formula is C19H16N4O3S. The number of ether oxygens (including phenoxy) is 1. The number of carbonyl (C=O) groups excluding carboxylic acids is 1. The number of esters is 1. The van der Waals surface area contributed by atoms with Crippen molar-refractivity contribution in [2.75, 3.05) is 12.9 Å². The molecule has 7 nitrogen and oxygen atoms in total. The molecule has 2 aromatic carbocycles. The van der Waals surface area contributed by atoms with Gasteiger partial charge >= 0.3 is 5.97 Å². The van der Waals surface area contributed by atoms with E-state index in [1.54, 1.807) is 15.0 Å². The van der Waals surface area contributed by atoms with Gasteiger partial charge in [0.25, 0.3) is 5.56 Å². The van der Waals surface area contributed by atoms with E-state index in [-0.39, 0.29) is 17.3 Å². The maximum absolute atomic E-state index is 13.2. The third-order valence-corrected chi connectivity index (χ3v) is 5.20. The van der Waals surface area contributed by atoms with Crippen LogP contribution in [0.5, 0.6) is 0 Å². The fourth-order valence-electron chi connectivity index (χ4n) is 2.99. The Balaban J connectivity index is 2.05. The van der Waals surface area contributed by atoms with E-state index in [9.17, 15) is 9.59 Å². The Morgan fingerprint density at radius 3 is 2.63 bits per heavy atom. The Labute approximate surface area is 158 Å². The largest absolute Gasteiger partial charge is 0.468 e. The van der Waals surface area contributed by atoms with E-state index in [1.165, 1.54) is 18.9 Å². The van der Waals surface area contributed by atoms with Crippen molar-refractivity contribution in [3.05, 3.63) is 64.4 Å². The summed E-state index contributed by atoms with van der Waals surface area (Å²) in [7, 11) is 1.34. The van der Waals surface area contributed by atoms with Crippen molar-refractivity contribution in [3.8, 4) is 5.69 Å². The minimum absolute atomic E-state index is 0.106. The molecule has 27 heavy (non-hydrogen) atoms. The van der Waals surface area contributed by atoms with Gasteiger partial charge in [0.15, 0.2) is 5.16 Å². The summed E-state index contributed by atoms with van der Waals surface area (Å²) in [4.78, 5) is 24.8. The van der Waals surface area contributed by atoms with E-state index in [1.807, 2.05) is 49.4 Å². The van der Waals surface area contributed by atoms with Crippen LogP contribution < -0.4 is 5.56 Å². The molecule has 0 saturated heterocycles. The Kier molecular flexibility index (Phi) is 4.41. The molecule has 2 aromatic heterocycles. The molecule has 0 aliphatic carbocycles. The van der Waals surface area contributed by atoms with Gasteiger partial charge in [0.1, 0.15) is 0 Å². The van der Waals surface area contributed by atoms with Gasteiger partial charge in [-0.05, 0) is 30.7 Å². The third-order valence-electron chi connectivity index (χ3n) is 4.30. The lowest BCUT2D eigenvalue weighted by Crippen LogP contribution is -2.22. The van der Waals surface area contributed by atoms with Crippen LogP contribution in [-0.4, -0.2) is 38.0 Å². The summed E-state index contributed by atoms with van der Waals surface area (Å²) in [5.41, 5.74) is 2.22. The fraction of sp³-hybridized carbons (Fsp3) is 0.158. The van der Waals surface area contributed by atoms with Crippen LogP contribution >= 0.6 is 11.8 Å². The smallest absolute Gasteiger partial charge is 0.316 e. The Bertz CT molecular complexity index is 1230. The normalized spacial score (nSPS) is 11.2. The van der Waals surface area contributed by atoms with Crippen LogP contribution in [0.15, 0.2) is 58.5 Å². The van der Waals surface area contributed by atoms with Crippen LogP contribution in [0.25, 0.3) is 22.4 Å². The molecule has 0 atom stereocenters. The van der Waals surface area contributed by atoms with Crippen molar-refractivity contribution in [2.45, 2.75) is 12.1 Å². The topological polar surface area (TPSA) is 78.5 Å². The minimum Gasteiger partial charge on any atom is -0.468 e. The Morgan fingerprint density at radius 2 is 1.85 bits per heavy atom. The summed E-state index contributed by atoms with van der Waals surface area (Å²) in [6.45, 7) is 1.94. The number of carbonyl (C=O) groups is 1. The summed E-state index contributed by atoms with van der Waals surface area (Å²) in [5, 5.41) is 9.54. The monoisotopic (exact) mass is 380 g/mol. The average molecular weight is 380 g/mol. The first kappa shape index (κ1) is 17.3. The molecule has 2 heterocycles. The second kappa shape index (κ2) is 6.88. The summed E-state index contributed by atoms with van der Waals surface area (Å²) < 4.78 is 8.07. The summed E-state index contributed by atoms with van der Waals surface area (Å²) in [6.07, 6.45) is 0. The first-order chi connectivity index (χ1) is 13.1. The van der Waals surface area contributed by atoms with E-state index >= 15 is 0 Å². The van der Waals surface area contributed by atoms with Crippen LogP contribution in [0.3, 0.4) is 0 Å². The highest BCUT2D eigenvalue weighted by Crippen LogP contribution is 2.24. The van der Waals surface area contributed by atoms with Gasteiger partial charge in [-0.15, -0.1) is 10.2 Å². The first-order valence-electron chi connectivity index (χ1n) is 8.26. The van der Waals surface area contributed by atoms with E-state index in [0.717, 1.165) is 11.3 Å². The van der Waals surface area contributed by atoms with E-state index in [2.05, 4.69) is 10.2 Å². The molecule has 136 valence electrons. The SMILES string of the molecule is COC(=O)CSc1nnc2n(-c3ccccc3C)c(=O)c3ccccc3n12. The lowest BCUT2D eigenvalue weighted by molar-refractivity contribution is -0.137. The van der Waals surface area contributed by atoms with Gasteiger partial charge in [0, 0.05) is 0 Å². The maximum atomic E-state index is 13.2. The number of aryl methyl sites for hydroxylation is 1. The van der Waals surface area contributed by atoms with Gasteiger partial charge < -0.3 is 4.74 Å². The number of methoxy groups -OCH3 is 1. The zero-order valence-corrected chi connectivity index (χ0v) is 15.6. The molecule has 8 heteroatoms. The van der Waals surface area contributed by atoms with Crippen LogP contribution in [0.4, 0.5) is 0 Å². The highest BCUT2D eigenvalue weighted by molar-refractivity contribution is 7.99. The minimum atomic E-state index is -0.353. The van der Waals surface area contributed by atoms with Crippen LogP contribution in [0.2, 0.25) is 0 Å². The van der Waals surface area contributed by atoms with Crippen molar-refractivity contribution in [1.82, 2.24) is 19.2 Å². The lowest BCUT2D eigenvalue weighted by Gasteiger charge is -2.13. The number of fused-ring (bicyclic) bond motifs is 3. The second-order valence-electron chi connectivity index (χ2n) is 5.93. The van der Waals surface area contributed by atoms with Crippen LogP contribution in [0.1, 0.15) is 5.56 Å². The van der Waals surface area contributed by atoms with Crippen LogP contribution in [0, 0.1) is 6.92 Å². The molecular weight excluding hydrogens is 364 g/mol. The number of hydrogen-bond donors (Lipinski definition) is 0. The molecule has 0 fully saturated rings. The van der Waals surface area contributed by atoms with Crippen molar-refractivity contribution in [1.29, 1.82) is 0 Å². The van der Waals surface area contributed by atoms with E-state index in [0.29, 0.717) is 21.8 Å². The lowest BCUT2D eigenvalue weighted by atomic mass is 10.2. The zero-order chi connectivity index (χ0) is 19.0. The Hall–Kier alpha value is -3.13. The predicted molar refractivity (Wildman–Crippen MR) is 104 cm³/mol. The fourth-order valence-corrected chi connectivity index (χ4v) is 3.76. The molecule has 4 rings (SSSR count). The quantitative estimate of drug-likeness (QED) is 0.400. The second-order valence-corrected chi connectivity index (χ2v) is 6.87. The summed E-state index contributed by atoms with van der Waals surface area (Å²) in [5.74, 6) is 0.156. The van der Waals surface area contributed by atoms with Crippen molar-refractivity contribution in [3.63, 3.8) is 0 Å². The molecule has 0 saturated carbocycles. The number of hydrogen-bond acceptors (Lipinski definition) is 6. The molecule has 0 N–H and O–H groups in total. The van der Waals surface area contributed by atoms with Gasteiger partial charge in [-0.2, -0.15) is 0 Å². The molecule has 0 aliphatic heterocycles. The molecule has 0 bridgehead atoms. The number of aromatic nitrogens is 4. The van der Waals surface area contributed by atoms with E-state index in [4.69, 9.17) is 4.74 Å². The standard InChI is InChI=1S/C19H16N4O3S/c1-12-7-3-5-9-14(12)22-17(25)13-8-4-6-10-15(13)23-18(22)20-21-19(23)27-11-16(24)26-2/h3-10H,11H2,1-2H3. The average Bonchev–Trinajstić information content (AvgIpc) is 3.11. The maximum Gasteiger partial charge on any atom is 0.316 e. The predicted octanol–water partition coefficient (Wildman–Crippen LogP) is 2.61. The van der Waals surface area contributed by atoms with Gasteiger partial charge in [-0.25, -0.2) is 4.57 Å². The molecule has 0 radical (unpaired) electrons. The Morgan fingerprint density at radius 1 is 1.11 bits per heavy atom. The number of nitrogens with zero attached hydrogens (tertiary/aromatic N) is 4. The van der Waals surface area contributed by atoms with Gasteiger partial charge in [0.05, 0.1) is 29.5 Å². The molecule has 4 aromatic rings. The molecule has 0 unspecified atom stereocenters. The van der Waals surface area contributed by atoms with E-state index < -0.39 is 0 Å². The van der Waals surface area contributed by atoms with Gasteiger partial charge in [0.2, 0.25) is 5.78 Å². The van der Waals surface area contributed by atoms with Crippen molar-refractivity contribution in [2.24, 2.45) is 0 Å². The number of para-hydroxylation sites is 2.